The van der Waals surface area contributed by atoms with Crippen molar-refractivity contribution in [3.8, 4) is 0 Å². The number of hydrogen-bond acceptors (Lipinski definition) is 3. The van der Waals surface area contributed by atoms with Crippen LogP contribution in [0.1, 0.15) is 11.1 Å². The number of halogens is 1. The Labute approximate surface area is 143 Å². The highest BCUT2D eigenvalue weighted by atomic mass is 35.5. The molecule has 0 atom stereocenters. The SMILES string of the molecule is Cc1coc2ccc(NCc3cc4cc(Cl)ccc4[nH]c3=O)cc12. The van der Waals surface area contributed by atoms with E-state index in [0.717, 1.165) is 33.1 Å². The van der Waals surface area contributed by atoms with Crippen LogP contribution >= 0.6 is 11.6 Å². The number of hydrogen-bond donors (Lipinski definition) is 2. The molecule has 0 radical (unpaired) electrons. The molecule has 0 unspecified atom stereocenters. The van der Waals surface area contributed by atoms with Crippen LogP contribution in [0.5, 0.6) is 0 Å². The van der Waals surface area contributed by atoms with Gasteiger partial charge in [-0.3, -0.25) is 4.79 Å². The minimum absolute atomic E-state index is 0.0992. The summed E-state index contributed by atoms with van der Waals surface area (Å²) in [6.45, 7) is 2.44. The number of anilines is 1. The number of aryl methyl sites for hydroxylation is 1. The number of pyridine rings is 1. The van der Waals surface area contributed by atoms with Crippen molar-refractivity contribution in [2.24, 2.45) is 0 Å². The van der Waals surface area contributed by atoms with Crippen molar-refractivity contribution < 1.29 is 4.42 Å². The summed E-state index contributed by atoms with van der Waals surface area (Å²) in [6.07, 6.45) is 1.74. The van der Waals surface area contributed by atoms with Gasteiger partial charge in [-0.25, -0.2) is 0 Å². The number of benzene rings is 2. The summed E-state index contributed by atoms with van der Waals surface area (Å²) < 4.78 is 5.45. The zero-order chi connectivity index (χ0) is 16.7. The molecule has 2 N–H and O–H groups in total. The summed E-state index contributed by atoms with van der Waals surface area (Å²) in [5.74, 6) is 0. The van der Waals surface area contributed by atoms with Gasteiger partial charge in [-0.15, -0.1) is 0 Å². The van der Waals surface area contributed by atoms with Gasteiger partial charge < -0.3 is 14.7 Å². The van der Waals surface area contributed by atoms with Crippen molar-refractivity contribution in [3.63, 3.8) is 0 Å². The molecule has 0 saturated heterocycles. The van der Waals surface area contributed by atoms with Crippen LogP contribution in [0, 0.1) is 6.92 Å². The van der Waals surface area contributed by atoms with Crippen LogP contribution in [0.15, 0.2) is 57.9 Å². The van der Waals surface area contributed by atoms with Gasteiger partial charge in [-0.2, -0.15) is 0 Å². The Bertz CT molecular complexity index is 1110. The molecule has 120 valence electrons. The van der Waals surface area contributed by atoms with Gasteiger partial charge in [0.1, 0.15) is 5.58 Å². The number of furan rings is 1. The van der Waals surface area contributed by atoms with E-state index in [1.807, 2.05) is 43.3 Å². The third-order valence-corrected chi connectivity index (χ3v) is 4.37. The molecule has 0 bridgehead atoms. The smallest absolute Gasteiger partial charge is 0.253 e. The summed E-state index contributed by atoms with van der Waals surface area (Å²) in [4.78, 5) is 15.1. The van der Waals surface area contributed by atoms with Gasteiger partial charge in [0.25, 0.3) is 5.56 Å². The van der Waals surface area contributed by atoms with Gasteiger partial charge in [-0.05, 0) is 55.0 Å². The average Bonchev–Trinajstić information content (AvgIpc) is 2.94. The fraction of sp³-hybridized carbons (Fsp3) is 0.105. The van der Waals surface area contributed by atoms with Crippen molar-refractivity contribution >= 4 is 39.2 Å². The fourth-order valence-electron chi connectivity index (χ4n) is 2.82. The molecule has 2 heterocycles. The molecule has 2 aromatic carbocycles. The first-order chi connectivity index (χ1) is 11.6. The number of H-pyrrole nitrogens is 1. The summed E-state index contributed by atoms with van der Waals surface area (Å²) in [5, 5.41) is 5.93. The maximum atomic E-state index is 12.2. The number of rotatable bonds is 3. The van der Waals surface area contributed by atoms with Crippen LogP contribution in [0.2, 0.25) is 5.02 Å². The van der Waals surface area contributed by atoms with Gasteiger partial charge in [0, 0.05) is 39.1 Å². The number of nitrogens with one attached hydrogen (secondary N) is 2. The van der Waals surface area contributed by atoms with Gasteiger partial charge >= 0.3 is 0 Å². The molecule has 0 spiro atoms. The zero-order valence-corrected chi connectivity index (χ0v) is 13.8. The van der Waals surface area contributed by atoms with Gasteiger partial charge in [0.15, 0.2) is 0 Å². The Balaban J connectivity index is 1.64. The molecule has 0 amide bonds. The molecule has 24 heavy (non-hydrogen) atoms. The second-order valence-corrected chi connectivity index (χ2v) is 6.27. The number of aromatic amines is 1. The van der Waals surface area contributed by atoms with E-state index in [1.54, 1.807) is 12.3 Å². The Morgan fingerprint density at radius 1 is 1.17 bits per heavy atom. The van der Waals surface area contributed by atoms with E-state index in [9.17, 15) is 4.79 Å². The monoisotopic (exact) mass is 338 g/mol. The molecular formula is C19H15ClN2O2. The van der Waals surface area contributed by atoms with Gasteiger partial charge in [-0.1, -0.05) is 11.6 Å². The molecule has 4 nitrogen and oxygen atoms in total. The van der Waals surface area contributed by atoms with Crippen LogP contribution in [0.4, 0.5) is 5.69 Å². The predicted molar refractivity (Wildman–Crippen MR) is 97.9 cm³/mol. The Morgan fingerprint density at radius 3 is 2.92 bits per heavy atom. The highest BCUT2D eigenvalue weighted by molar-refractivity contribution is 6.31. The lowest BCUT2D eigenvalue weighted by atomic mass is 10.1. The Kier molecular flexibility index (Phi) is 3.54. The highest BCUT2D eigenvalue weighted by Crippen LogP contribution is 2.24. The molecule has 2 aromatic heterocycles. The van der Waals surface area contributed by atoms with Crippen LogP contribution in [0.25, 0.3) is 21.9 Å². The standard InChI is InChI=1S/C19H15ClN2O2/c1-11-10-24-18-5-3-15(8-16(11)18)21-9-13-6-12-7-14(20)2-4-17(12)22-19(13)23/h2-8,10,21H,9H2,1H3,(H,22,23). The first-order valence-electron chi connectivity index (χ1n) is 7.63. The third kappa shape index (κ3) is 2.65. The second-order valence-electron chi connectivity index (χ2n) is 5.84. The largest absolute Gasteiger partial charge is 0.464 e. The normalized spacial score (nSPS) is 11.2. The molecule has 0 aliphatic rings. The maximum absolute atomic E-state index is 12.2. The Morgan fingerprint density at radius 2 is 2.04 bits per heavy atom. The minimum Gasteiger partial charge on any atom is -0.464 e. The van der Waals surface area contributed by atoms with E-state index in [2.05, 4.69) is 10.3 Å². The van der Waals surface area contributed by atoms with Crippen LogP contribution < -0.4 is 10.9 Å². The lowest BCUT2D eigenvalue weighted by Gasteiger charge is -2.08. The molecule has 0 fully saturated rings. The quantitative estimate of drug-likeness (QED) is 0.561. The molecule has 0 aliphatic carbocycles. The van der Waals surface area contributed by atoms with Crippen molar-refractivity contribution in [3.05, 3.63) is 75.2 Å². The van der Waals surface area contributed by atoms with Crippen molar-refractivity contribution in [1.29, 1.82) is 0 Å². The summed E-state index contributed by atoms with van der Waals surface area (Å²) >= 11 is 6.03. The van der Waals surface area contributed by atoms with E-state index < -0.39 is 0 Å². The lowest BCUT2D eigenvalue weighted by Crippen LogP contribution is -2.15. The topological polar surface area (TPSA) is 58.0 Å². The fourth-order valence-corrected chi connectivity index (χ4v) is 3.00. The van der Waals surface area contributed by atoms with E-state index >= 15 is 0 Å². The average molecular weight is 339 g/mol. The first-order valence-corrected chi connectivity index (χ1v) is 8.01. The van der Waals surface area contributed by atoms with Crippen LogP contribution in [-0.2, 0) is 6.54 Å². The number of aromatic nitrogens is 1. The molecule has 4 rings (SSSR count). The Hall–Kier alpha value is -2.72. The molecule has 0 aliphatic heterocycles. The summed E-state index contributed by atoms with van der Waals surface area (Å²) in [7, 11) is 0. The highest BCUT2D eigenvalue weighted by Gasteiger charge is 2.06. The summed E-state index contributed by atoms with van der Waals surface area (Å²) in [6, 6.07) is 13.2. The molecular weight excluding hydrogens is 324 g/mol. The molecule has 0 saturated carbocycles. The first kappa shape index (κ1) is 14.8. The van der Waals surface area contributed by atoms with Crippen molar-refractivity contribution in [2.75, 3.05) is 5.32 Å². The van der Waals surface area contributed by atoms with Gasteiger partial charge in [0.05, 0.1) is 6.26 Å². The summed E-state index contributed by atoms with van der Waals surface area (Å²) in [5.41, 5.74) is 4.23. The van der Waals surface area contributed by atoms with E-state index in [4.69, 9.17) is 16.0 Å². The van der Waals surface area contributed by atoms with Crippen molar-refractivity contribution in [1.82, 2.24) is 4.98 Å². The van der Waals surface area contributed by atoms with Gasteiger partial charge in [0.2, 0.25) is 0 Å². The lowest BCUT2D eigenvalue weighted by molar-refractivity contribution is 0.613. The van der Waals surface area contributed by atoms with Crippen molar-refractivity contribution in [2.45, 2.75) is 13.5 Å². The third-order valence-electron chi connectivity index (χ3n) is 4.13. The predicted octanol–water partition coefficient (Wildman–Crippen LogP) is 4.85. The van der Waals surface area contributed by atoms with E-state index in [1.165, 1.54) is 0 Å². The molecule has 5 heteroatoms. The minimum atomic E-state index is -0.0992. The second kappa shape index (κ2) is 5.73. The maximum Gasteiger partial charge on any atom is 0.253 e. The number of fused-ring (bicyclic) bond motifs is 2. The van der Waals surface area contributed by atoms with Crippen LogP contribution in [0.3, 0.4) is 0 Å². The molecule has 4 aromatic rings. The zero-order valence-electron chi connectivity index (χ0n) is 13.0. The van der Waals surface area contributed by atoms with E-state index in [-0.39, 0.29) is 5.56 Å². The van der Waals surface area contributed by atoms with E-state index in [0.29, 0.717) is 17.1 Å². The van der Waals surface area contributed by atoms with Crippen LogP contribution in [-0.4, -0.2) is 4.98 Å².